The maximum atomic E-state index is 3.34. The lowest BCUT2D eigenvalue weighted by molar-refractivity contribution is 0.198. The van der Waals surface area contributed by atoms with Gasteiger partial charge in [-0.25, -0.2) is 0 Å². The summed E-state index contributed by atoms with van der Waals surface area (Å²) in [5.41, 5.74) is 1.13. The molecule has 2 bridgehead atoms. The highest BCUT2D eigenvalue weighted by Gasteiger charge is 2.27. The minimum Gasteiger partial charge on any atom is -0.302 e. The molecule has 0 amide bonds. The Morgan fingerprint density at radius 3 is 2.56 bits per heavy atom. The standard InChI is InChI=1S/C16H20N2/c1-2-5-15(6-3-1)7-4-10-18-14-13-17-11-8-16(18)9-12-17/h1-3,5-6,16H,8-14H2. The summed E-state index contributed by atoms with van der Waals surface area (Å²) >= 11 is 0. The quantitative estimate of drug-likeness (QED) is 0.691. The number of nitrogens with zero attached hydrogens (tertiary/aromatic N) is 2. The lowest BCUT2D eigenvalue weighted by Crippen LogP contribution is -2.38. The lowest BCUT2D eigenvalue weighted by atomic mass is 10.1. The van der Waals surface area contributed by atoms with Gasteiger partial charge in [-0.05, 0) is 38.1 Å². The van der Waals surface area contributed by atoms with Crippen molar-refractivity contribution in [2.45, 2.75) is 18.9 Å². The maximum absolute atomic E-state index is 3.34. The van der Waals surface area contributed by atoms with E-state index in [1.54, 1.807) is 0 Å². The van der Waals surface area contributed by atoms with E-state index in [2.05, 4.69) is 33.8 Å². The molecule has 1 aromatic carbocycles. The van der Waals surface area contributed by atoms with E-state index in [9.17, 15) is 0 Å². The predicted molar refractivity (Wildman–Crippen MR) is 74.4 cm³/mol. The molecule has 0 saturated carbocycles. The van der Waals surface area contributed by atoms with Crippen molar-refractivity contribution in [2.24, 2.45) is 0 Å². The first kappa shape index (κ1) is 11.8. The summed E-state index contributed by atoms with van der Waals surface area (Å²) < 4.78 is 0. The van der Waals surface area contributed by atoms with Gasteiger partial charge in [-0.1, -0.05) is 30.0 Å². The molecule has 0 N–H and O–H groups in total. The van der Waals surface area contributed by atoms with Gasteiger partial charge in [0.15, 0.2) is 0 Å². The van der Waals surface area contributed by atoms with E-state index in [1.807, 2.05) is 18.2 Å². The molecular weight excluding hydrogens is 220 g/mol. The van der Waals surface area contributed by atoms with Crippen LogP contribution in [0.3, 0.4) is 0 Å². The highest BCUT2D eigenvalue weighted by atomic mass is 15.3. The Kier molecular flexibility index (Phi) is 3.64. The minimum atomic E-state index is 0.772. The first-order chi connectivity index (χ1) is 8.92. The van der Waals surface area contributed by atoms with E-state index >= 15 is 0 Å². The number of piperidine rings is 1. The van der Waals surface area contributed by atoms with Gasteiger partial charge in [0.2, 0.25) is 0 Å². The fraction of sp³-hybridized carbons (Fsp3) is 0.500. The summed E-state index contributed by atoms with van der Waals surface area (Å²) in [5, 5.41) is 0. The van der Waals surface area contributed by atoms with Crippen molar-refractivity contribution in [3.05, 3.63) is 35.9 Å². The summed E-state index contributed by atoms with van der Waals surface area (Å²) in [6.45, 7) is 5.91. The minimum absolute atomic E-state index is 0.772. The molecule has 18 heavy (non-hydrogen) atoms. The van der Waals surface area contributed by atoms with Crippen molar-refractivity contribution in [3.63, 3.8) is 0 Å². The Labute approximate surface area is 110 Å². The van der Waals surface area contributed by atoms with Crippen LogP contribution >= 0.6 is 0 Å². The molecule has 0 atom stereocenters. The van der Waals surface area contributed by atoms with Crippen LogP contribution in [0.4, 0.5) is 0 Å². The van der Waals surface area contributed by atoms with Gasteiger partial charge in [0.05, 0.1) is 6.54 Å². The number of rotatable bonds is 1. The Bertz CT molecular complexity index is 435. The molecule has 3 fully saturated rings. The normalized spacial score (nSPS) is 27.3. The van der Waals surface area contributed by atoms with Gasteiger partial charge < -0.3 is 4.90 Å². The molecule has 2 nitrogen and oxygen atoms in total. The number of hydrogen-bond acceptors (Lipinski definition) is 2. The zero-order chi connectivity index (χ0) is 12.2. The van der Waals surface area contributed by atoms with Crippen molar-refractivity contribution in [1.29, 1.82) is 0 Å². The van der Waals surface area contributed by atoms with Gasteiger partial charge in [-0.3, -0.25) is 4.90 Å². The highest BCUT2D eigenvalue weighted by Crippen LogP contribution is 2.19. The van der Waals surface area contributed by atoms with E-state index in [0.29, 0.717) is 0 Å². The average Bonchev–Trinajstić information content (AvgIpc) is 2.74. The van der Waals surface area contributed by atoms with E-state index < -0.39 is 0 Å². The Morgan fingerprint density at radius 1 is 1.00 bits per heavy atom. The highest BCUT2D eigenvalue weighted by molar-refractivity contribution is 5.33. The van der Waals surface area contributed by atoms with Crippen LogP contribution in [-0.4, -0.2) is 48.6 Å². The summed E-state index contributed by atoms with van der Waals surface area (Å²) in [6.07, 6.45) is 2.65. The topological polar surface area (TPSA) is 6.48 Å². The van der Waals surface area contributed by atoms with Crippen LogP contribution < -0.4 is 0 Å². The first-order valence-corrected chi connectivity index (χ1v) is 6.92. The van der Waals surface area contributed by atoms with Crippen LogP contribution in [0.15, 0.2) is 30.3 Å². The maximum Gasteiger partial charge on any atom is 0.0608 e. The van der Waals surface area contributed by atoms with E-state index in [0.717, 1.165) is 18.2 Å². The molecule has 3 heterocycles. The summed E-state index contributed by atoms with van der Waals surface area (Å²) in [7, 11) is 0. The third-order valence-electron chi connectivity index (χ3n) is 4.07. The van der Waals surface area contributed by atoms with Gasteiger partial charge in [0.25, 0.3) is 0 Å². The molecule has 3 aliphatic rings. The molecule has 0 unspecified atom stereocenters. The molecule has 4 rings (SSSR count). The summed E-state index contributed by atoms with van der Waals surface area (Å²) in [6, 6.07) is 11.1. The molecule has 94 valence electrons. The van der Waals surface area contributed by atoms with E-state index in [4.69, 9.17) is 0 Å². The lowest BCUT2D eigenvalue weighted by Gasteiger charge is -2.30. The monoisotopic (exact) mass is 240 g/mol. The zero-order valence-electron chi connectivity index (χ0n) is 10.8. The van der Waals surface area contributed by atoms with Crippen LogP contribution in [0.2, 0.25) is 0 Å². The molecule has 0 spiro atoms. The largest absolute Gasteiger partial charge is 0.302 e. The summed E-state index contributed by atoms with van der Waals surface area (Å²) in [5.74, 6) is 6.60. The fourth-order valence-corrected chi connectivity index (χ4v) is 2.93. The van der Waals surface area contributed by atoms with Crippen LogP contribution in [0, 0.1) is 11.8 Å². The second-order valence-corrected chi connectivity index (χ2v) is 5.21. The number of benzene rings is 1. The van der Waals surface area contributed by atoms with Crippen LogP contribution in [0.5, 0.6) is 0 Å². The number of fused-ring (bicyclic) bond motifs is 4. The van der Waals surface area contributed by atoms with Gasteiger partial charge in [-0.15, -0.1) is 0 Å². The zero-order valence-corrected chi connectivity index (χ0v) is 10.8. The third kappa shape index (κ3) is 2.75. The molecule has 1 aromatic rings. The van der Waals surface area contributed by atoms with E-state index in [1.165, 1.54) is 39.0 Å². The fourth-order valence-electron chi connectivity index (χ4n) is 2.93. The van der Waals surface area contributed by atoms with Crippen molar-refractivity contribution < 1.29 is 0 Å². The Morgan fingerprint density at radius 2 is 1.78 bits per heavy atom. The van der Waals surface area contributed by atoms with Crippen molar-refractivity contribution >= 4 is 0 Å². The van der Waals surface area contributed by atoms with Crippen molar-refractivity contribution in [3.8, 4) is 11.8 Å². The Hall–Kier alpha value is -1.30. The molecule has 2 heteroatoms. The number of hydrogen-bond donors (Lipinski definition) is 0. The molecule has 0 radical (unpaired) electrons. The van der Waals surface area contributed by atoms with Crippen molar-refractivity contribution in [2.75, 3.05) is 32.7 Å². The SMILES string of the molecule is C(#Cc1ccccc1)CN1CCN2CCC1CC2. The molecule has 0 aliphatic carbocycles. The van der Waals surface area contributed by atoms with Gasteiger partial charge in [-0.2, -0.15) is 0 Å². The summed E-state index contributed by atoms with van der Waals surface area (Å²) in [4.78, 5) is 5.16. The predicted octanol–water partition coefficient (Wildman–Crippen LogP) is 1.82. The van der Waals surface area contributed by atoms with Crippen LogP contribution in [-0.2, 0) is 0 Å². The molecule has 3 aliphatic heterocycles. The second-order valence-electron chi connectivity index (χ2n) is 5.21. The average molecular weight is 240 g/mol. The molecule has 0 aromatic heterocycles. The van der Waals surface area contributed by atoms with Crippen molar-refractivity contribution in [1.82, 2.24) is 9.80 Å². The van der Waals surface area contributed by atoms with Gasteiger partial charge in [0, 0.05) is 24.7 Å². The molecular formula is C16H20N2. The van der Waals surface area contributed by atoms with Crippen LogP contribution in [0.25, 0.3) is 0 Å². The second kappa shape index (κ2) is 5.56. The van der Waals surface area contributed by atoms with E-state index in [-0.39, 0.29) is 0 Å². The third-order valence-corrected chi connectivity index (χ3v) is 4.07. The first-order valence-electron chi connectivity index (χ1n) is 6.92. The van der Waals surface area contributed by atoms with Crippen LogP contribution in [0.1, 0.15) is 18.4 Å². The smallest absolute Gasteiger partial charge is 0.0608 e. The molecule has 3 saturated heterocycles. The van der Waals surface area contributed by atoms with Gasteiger partial charge in [0.1, 0.15) is 0 Å². The van der Waals surface area contributed by atoms with Gasteiger partial charge >= 0.3 is 0 Å². The Balaban J connectivity index is 1.61.